The maximum atomic E-state index is 11.1. The highest BCUT2D eigenvalue weighted by Gasteiger charge is 2.06. The van der Waals surface area contributed by atoms with Crippen LogP contribution in [0.1, 0.15) is 0 Å². The molecule has 0 aromatic rings. The largest absolute Gasteiger partial charge is 0.373 e. The second-order valence-corrected chi connectivity index (χ2v) is 4.97. The Morgan fingerprint density at radius 1 is 1.06 bits per heavy atom. The molecule has 0 heterocycles. The summed E-state index contributed by atoms with van der Waals surface area (Å²) in [5.74, 6) is -0.0219. The van der Waals surface area contributed by atoms with Crippen LogP contribution in [0.5, 0.6) is 0 Å². The third-order valence-corrected chi connectivity index (χ3v) is 2.00. The highest BCUT2D eigenvalue weighted by Crippen LogP contribution is 1.89. The van der Waals surface area contributed by atoms with Crippen LogP contribution >= 0.6 is 0 Å². The molecule has 1 amide bonds. The van der Waals surface area contributed by atoms with Crippen LogP contribution in [0.15, 0.2) is 0 Å². The highest BCUT2D eigenvalue weighted by atomic mass is 16.5. The number of hydrogen-bond donors (Lipinski definition) is 0. The second-order valence-electron chi connectivity index (χ2n) is 4.97. The molecular weight excluding hydrogens is 208 g/mol. The molecule has 5 heteroatoms. The van der Waals surface area contributed by atoms with Gasteiger partial charge in [0.05, 0.1) is 41.0 Å². The van der Waals surface area contributed by atoms with Crippen molar-refractivity contribution >= 4 is 5.91 Å². The van der Waals surface area contributed by atoms with Crippen molar-refractivity contribution in [3.05, 3.63) is 0 Å². The molecule has 0 radical (unpaired) electrons. The predicted molar refractivity (Wildman–Crippen MR) is 63.2 cm³/mol. The molecule has 16 heavy (non-hydrogen) atoms. The van der Waals surface area contributed by atoms with Crippen LogP contribution in [0.3, 0.4) is 0 Å². The number of carbonyl (C=O) groups is 1. The van der Waals surface area contributed by atoms with Crippen molar-refractivity contribution < 1.29 is 18.8 Å². The van der Waals surface area contributed by atoms with E-state index in [9.17, 15) is 4.79 Å². The molecule has 0 spiro atoms. The van der Waals surface area contributed by atoms with Crippen LogP contribution in [0, 0.1) is 0 Å². The van der Waals surface area contributed by atoms with Crippen molar-refractivity contribution in [2.45, 2.75) is 0 Å². The smallest absolute Gasteiger partial charge is 0.248 e. The van der Waals surface area contributed by atoms with Gasteiger partial charge in [-0.15, -0.1) is 0 Å². The van der Waals surface area contributed by atoms with E-state index in [2.05, 4.69) is 21.1 Å². The average Bonchev–Trinajstić information content (AvgIpc) is 2.14. The molecule has 0 rings (SSSR count). The van der Waals surface area contributed by atoms with Gasteiger partial charge < -0.3 is 18.9 Å². The van der Waals surface area contributed by atoms with Crippen molar-refractivity contribution in [2.24, 2.45) is 0 Å². The zero-order chi connectivity index (χ0) is 12.6. The first-order valence-electron chi connectivity index (χ1n) is 5.49. The van der Waals surface area contributed by atoms with Crippen LogP contribution in [-0.4, -0.2) is 83.5 Å². The summed E-state index contributed by atoms with van der Waals surface area (Å²) in [6, 6.07) is 0. The summed E-state index contributed by atoms with van der Waals surface area (Å²) in [5, 5.41) is 0. The number of rotatable bonds is 8. The van der Waals surface area contributed by atoms with Crippen LogP contribution < -0.4 is 0 Å². The van der Waals surface area contributed by atoms with Gasteiger partial charge in [-0.3, -0.25) is 4.79 Å². The summed E-state index contributed by atoms with van der Waals surface area (Å²) in [6.07, 6.45) is 0. The molecule has 0 unspecified atom stereocenters. The average molecular weight is 233 g/mol. The predicted octanol–water partition coefficient (Wildman–Crippen LogP) is -0.186. The van der Waals surface area contributed by atoms with Crippen molar-refractivity contribution in [2.75, 3.05) is 68.2 Å². The zero-order valence-electron chi connectivity index (χ0n) is 11.2. The molecule has 0 aromatic heterocycles. The third-order valence-electron chi connectivity index (χ3n) is 2.00. The van der Waals surface area contributed by atoms with Gasteiger partial charge in [-0.1, -0.05) is 0 Å². The first kappa shape index (κ1) is 15.3. The molecule has 0 fully saturated rings. The number of quaternary nitrogens is 1. The molecular formula is C11H25N2O3+. The SMILES string of the molecule is CN(C)C(=O)COCCOCC[N+](C)(C)C. The molecule has 0 aromatic carbocycles. The molecule has 0 bridgehead atoms. The maximum Gasteiger partial charge on any atom is 0.248 e. The van der Waals surface area contributed by atoms with Gasteiger partial charge in [0.25, 0.3) is 0 Å². The quantitative estimate of drug-likeness (QED) is 0.431. The molecule has 0 N–H and O–H groups in total. The van der Waals surface area contributed by atoms with E-state index in [1.165, 1.54) is 4.90 Å². The number of nitrogens with zero attached hydrogens (tertiary/aromatic N) is 2. The Labute approximate surface area is 98.5 Å². The normalized spacial score (nSPS) is 11.6. The molecule has 0 atom stereocenters. The lowest BCUT2D eigenvalue weighted by atomic mass is 10.5. The summed E-state index contributed by atoms with van der Waals surface area (Å²) >= 11 is 0. The van der Waals surface area contributed by atoms with E-state index >= 15 is 0 Å². The van der Waals surface area contributed by atoms with Gasteiger partial charge in [-0.2, -0.15) is 0 Å². The number of carbonyl (C=O) groups excluding carboxylic acids is 1. The van der Waals surface area contributed by atoms with E-state index in [1.54, 1.807) is 14.1 Å². The maximum absolute atomic E-state index is 11.1. The second kappa shape index (κ2) is 7.60. The topological polar surface area (TPSA) is 38.8 Å². The molecule has 0 aliphatic carbocycles. The van der Waals surface area contributed by atoms with Gasteiger partial charge in [-0.25, -0.2) is 0 Å². The van der Waals surface area contributed by atoms with Gasteiger partial charge in [0.2, 0.25) is 5.91 Å². The van der Waals surface area contributed by atoms with E-state index < -0.39 is 0 Å². The van der Waals surface area contributed by atoms with E-state index in [-0.39, 0.29) is 12.5 Å². The Balaban J connectivity index is 3.26. The summed E-state index contributed by atoms with van der Waals surface area (Å²) in [4.78, 5) is 12.6. The van der Waals surface area contributed by atoms with E-state index in [4.69, 9.17) is 9.47 Å². The van der Waals surface area contributed by atoms with E-state index in [1.807, 2.05) is 0 Å². The third kappa shape index (κ3) is 9.89. The summed E-state index contributed by atoms with van der Waals surface area (Å²) in [7, 11) is 9.79. The molecule has 0 aliphatic rings. The summed E-state index contributed by atoms with van der Waals surface area (Å²) in [5.41, 5.74) is 0. The highest BCUT2D eigenvalue weighted by molar-refractivity contribution is 5.76. The number of hydrogen-bond acceptors (Lipinski definition) is 3. The van der Waals surface area contributed by atoms with Crippen molar-refractivity contribution in [3.8, 4) is 0 Å². The first-order valence-corrected chi connectivity index (χ1v) is 5.49. The zero-order valence-corrected chi connectivity index (χ0v) is 11.2. The fourth-order valence-electron chi connectivity index (χ4n) is 0.847. The Hall–Kier alpha value is -0.650. The van der Waals surface area contributed by atoms with Crippen molar-refractivity contribution in [3.63, 3.8) is 0 Å². The van der Waals surface area contributed by atoms with Crippen LogP contribution in [0.4, 0.5) is 0 Å². The summed E-state index contributed by atoms with van der Waals surface area (Å²) < 4.78 is 11.4. The first-order chi connectivity index (χ1) is 7.33. The minimum absolute atomic E-state index is 0.0219. The van der Waals surface area contributed by atoms with Crippen molar-refractivity contribution in [1.29, 1.82) is 0 Å². The fraction of sp³-hybridized carbons (Fsp3) is 0.909. The minimum atomic E-state index is -0.0219. The van der Waals surface area contributed by atoms with Crippen LogP contribution in [0.2, 0.25) is 0 Å². The Morgan fingerprint density at radius 2 is 1.62 bits per heavy atom. The van der Waals surface area contributed by atoms with Gasteiger partial charge in [0, 0.05) is 14.1 Å². The Bertz CT molecular complexity index is 200. The van der Waals surface area contributed by atoms with E-state index in [0.29, 0.717) is 19.8 Å². The van der Waals surface area contributed by atoms with Crippen LogP contribution in [-0.2, 0) is 14.3 Å². The van der Waals surface area contributed by atoms with Gasteiger partial charge in [-0.05, 0) is 0 Å². The lowest BCUT2D eigenvalue weighted by Crippen LogP contribution is -2.37. The molecule has 0 saturated heterocycles. The number of amides is 1. The Morgan fingerprint density at radius 3 is 2.12 bits per heavy atom. The fourth-order valence-corrected chi connectivity index (χ4v) is 0.847. The molecule has 0 aliphatic heterocycles. The summed E-state index contributed by atoms with van der Waals surface area (Å²) in [6.45, 7) is 2.83. The van der Waals surface area contributed by atoms with Gasteiger partial charge in [0.15, 0.2) is 0 Å². The van der Waals surface area contributed by atoms with Gasteiger partial charge in [0.1, 0.15) is 13.2 Å². The lowest BCUT2D eigenvalue weighted by Gasteiger charge is -2.23. The van der Waals surface area contributed by atoms with Crippen LogP contribution in [0.25, 0.3) is 0 Å². The molecule has 5 nitrogen and oxygen atoms in total. The minimum Gasteiger partial charge on any atom is -0.373 e. The number of likely N-dealkylation sites (N-methyl/N-ethyl adjacent to an activating group) is 2. The van der Waals surface area contributed by atoms with Crippen molar-refractivity contribution in [1.82, 2.24) is 4.90 Å². The van der Waals surface area contributed by atoms with E-state index in [0.717, 1.165) is 11.0 Å². The molecule has 96 valence electrons. The Kier molecular flexibility index (Phi) is 7.29. The van der Waals surface area contributed by atoms with Gasteiger partial charge >= 0.3 is 0 Å². The lowest BCUT2D eigenvalue weighted by molar-refractivity contribution is -0.870. The standard InChI is InChI=1S/C11H25N2O3/c1-12(2)11(14)10-16-9-8-15-7-6-13(3,4)5/h6-10H2,1-5H3/q+1. The number of ether oxygens (including phenoxy) is 2. The molecule has 0 saturated carbocycles. The monoisotopic (exact) mass is 233 g/mol.